The van der Waals surface area contributed by atoms with Crippen LogP contribution < -0.4 is 46.1 Å². The molecule has 0 aliphatic heterocycles. The van der Waals surface area contributed by atoms with Crippen LogP contribution in [0.3, 0.4) is 0 Å². The first-order valence-corrected chi connectivity index (χ1v) is 26.3. The summed E-state index contributed by atoms with van der Waals surface area (Å²) in [4.78, 5) is 78.7. The lowest BCUT2D eigenvalue weighted by atomic mass is 9.93. The minimum atomic E-state index is -0.888. The molecule has 0 saturated heterocycles. The lowest BCUT2D eigenvalue weighted by Gasteiger charge is -2.19. The van der Waals surface area contributed by atoms with E-state index in [1.165, 1.54) is 20.8 Å². The van der Waals surface area contributed by atoms with Crippen molar-refractivity contribution in [2.24, 2.45) is 0 Å². The SMILES string of the molecule is C=CCOc1ccc(C[C@H](NC(C)=O)C(=O)Nc2ccc(-c3cc(-c4cccc(NC(=O)[C@H](Cc5ccc(OCC=C)cc5)NC(C)=O)c4)cc(-c4cccc(NC(=O)[C@H](Cc5ccc(OCC=C)cc5)NC(C)=O)c4)c3)cc2)cc1. The van der Waals surface area contributed by atoms with Gasteiger partial charge < -0.3 is 46.1 Å². The minimum absolute atomic E-state index is 0.228. The Bertz CT molecular complexity index is 3210. The van der Waals surface area contributed by atoms with Crippen LogP contribution in [0.5, 0.6) is 17.2 Å². The average molecular weight is 1090 g/mol. The maximum Gasteiger partial charge on any atom is 0.247 e. The van der Waals surface area contributed by atoms with Crippen molar-refractivity contribution in [3.63, 3.8) is 0 Å². The second-order valence-electron chi connectivity index (χ2n) is 19.1. The molecule has 0 unspecified atom stereocenters. The third-order valence-corrected chi connectivity index (χ3v) is 12.6. The van der Waals surface area contributed by atoms with Gasteiger partial charge >= 0.3 is 0 Å². The Morgan fingerprint density at radius 1 is 0.370 bits per heavy atom. The molecule has 0 fully saturated rings. The predicted octanol–water partition coefficient (Wildman–Crippen LogP) is 10.4. The molecule has 0 radical (unpaired) electrons. The zero-order valence-electron chi connectivity index (χ0n) is 45.6. The third-order valence-electron chi connectivity index (χ3n) is 12.6. The van der Waals surface area contributed by atoms with Crippen molar-refractivity contribution >= 4 is 52.5 Å². The number of nitrogens with one attached hydrogen (secondary N) is 6. The number of carbonyl (C=O) groups excluding carboxylic acids is 6. The molecule has 3 atom stereocenters. The monoisotopic (exact) mass is 1090 g/mol. The van der Waals surface area contributed by atoms with Crippen LogP contribution in [0.4, 0.5) is 17.1 Å². The van der Waals surface area contributed by atoms with Crippen molar-refractivity contribution in [3.05, 3.63) is 218 Å². The van der Waals surface area contributed by atoms with E-state index in [2.05, 4.69) is 51.6 Å². The Balaban J connectivity index is 1.17. The molecule has 0 saturated carbocycles. The zero-order chi connectivity index (χ0) is 57.7. The summed E-state index contributed by atoms with van der Waals surface area (Å²) in [5, 5.41) is 17.4. The quantitative estimate of drug-likeness (QED) is 0.0271. The summed E-state index contributed by atoms with van der Waals surface area (Å²) < 4.78 is 16.8. The molecule has 7 aromatic rings. The summed E-state index contributed by atoms with van der Waals surface area (Å²) in [6.07, 6.45) is 5.65. The van der Waals surface area contributed by atoms with Crippen molar-refractivity contribution in [1.82, 2.24) is 16.0 Å². The highest BCUT2D eigenvalue weighted by atomic mass is 16.5. The van der Waals surface area contributed by atoms with Crippen LogP contribution in [0.25, 0.3) is 33.4 Å². The fourth-order valence-electron chi connectivity index (χ4n) is 8.82. The Morgan fingerprint density at radius 3 is 0.988 bits per heavy atom. The number of rotatable bonds is 27. The maximum absolute atomic E-state index is 14.0. The van der Waals surface area contributed by atoms with Gasteiger partial charge in [-0.05, 0) is 141 Å². The fourth-order valence-corrected chi connectivity index (χ4v) is 8.82. The van der Waals surface area contributed by atoms with Crippen LogP contribution >= 0.6 is 0 Å². The lowest BCUT2D eigenvalue weighted by molar-refractivity contribution is -0.125. The first-order valence-electron chi connectivity index (χ1n) is 26.3. The van der Waals surface area contributed by atoms with E-state index in [9.17, 15) is 28.8 Å². The molecule has 414 valence electrons. The Labute approximate surface area is 472 Å². The summed E-state index contributed by atoms with van der Waals surface area (Å²) in [7, 11) is 0. The molecule has 15 heteroatoms. The standard InChI is InChI=1S/C66H66N6O9/c1-7-32-79-58-26-16-46(17-27-58)35-61(67-43(4)73)64(76)70-55-24-22-49(23-25-55)52-38-53(50-12-10-14-56(41-50)71-65(77)62(68-44(5)74)36-47-18-28-59(29-19-47)80-33-8-2)40-54(39-52)51-13-11-15-57(42-51)72-66(78)63(69-45(6)75)37-48-20-30-60(31-21-48)81-34-9-3/h7-31,38-42,61-63H,1-3,32-37H2,4-6H3,(H,67,73)(H,68,74)(H,69,75)(H,70,76)(H,71,77)(H,72,78)/t61-,62-,63-/m0/s1. The Hall–Kier alpha value is -10.0. The van der Waals surface area contributed by atoms with Crippen molar-refractivity contribution < 1.29 is 43.0 Å². The number of benzene rings is 7. The van der Waals surface area contributed by atoms with Gasteiger partial charge in [-0.2, -0.15) is 0 Å². The molecular formula is C66H66N6O9. The van der Waals surface area contributed by atoms with Gasteiger partial charge in [0.15, 0.2) is 0 Å². The Morgan fingerprint density at radius 2 is 0.679 bits per heavy atom. The van der Waals surface area contributed by atoms with Crippen molar-refractivity contribution in [2.45, 2.75) is 58.2 Å². The van der Waals surface area contributed by atoms with Crippen LogP contribution in [0, 0.1) is 0 Å². The predicted molar refractivity (Wildman–Crippen MR) is 319 cm³/mol. The summed E-state index contributed by atoms with van der Waals surface area (Å²) in [6.45, 7) is 16.2. The van der Waals surface area contributed by atoms with Crippen LogP contribution in [-0.4, -0.2) is 73.4 Å². The van der Waals surface area contributed by atoms with Crippen LogP contribution in [0.2, 0.25) is 0 Å². The first kappa shape index (κ1) is 58.7. The largest absolute Gasteiger partial charge is 0.490 e. The summed E-state index contributed by atoms with van der Waals surface area (Å²) in [5.41, 5.74) is 8.66. The normalized spacial score (nSPS) is 11.7. The summed E-state index contributed by atoms with van der Waals surface area (Å²) in [6, 6.07) is 47.4. The highest BCUT2D eigenvalue weighted by molar-refractivity contribution is 6.00. The molecule has 0 aliphatic carbocycles. The van der Waals surface area contributed by atoms with E-state index < -0.39 is 35.8 Å². The molecule has 0 bridgehead atoms. The van der Waals surface area contributed by atoms with Crippen molar-refractivity contribution in [2.75, 3.05) is 35.8 Å². The molecule has 0 aliphatic rings. The smallest absolute Gasteiger partial charge is 0.247 e. The number of ether oxygens (including phenoxy) is 3. The van der Waals surface area contributed by atoms with Gasteiger partial charge in [0.25, 0.3) is 0 Å². The molecule has 6 amide bonds. The van der Waals surface area contributed by atoms with Crippen LogP contribution in [-0.2, 0) is 48.0 Å². The van der Waals surface area contributed by atoms with E-state index >= 15 is 0 Å². The molecule has 7 rings (SSSR count). The highest BCUT2D eigenvalue weighted by Crippen LogP contribution is 2.35. The number of hydrogen-bond acceptors (Lipinski definition) is 9. The highest BCUT2D eigenvalue weighted by Gasteiger charge is 2.24. The van der Waals surface area contributed by atoms with E-state index in [0.29, 0.717) is 54.1 Å². The third kappa shape index (κ3) is 18.0. The topological polar surface area (TPSA) is 202 Å². The molecule has 7 aromatic carbocycles. The van der Waals surface area contributed by atoms with E-state index in [4.69, 9.17) is 14.2 Å². The second kappa shape index (κ2) is 29.1. The van der Waals surface area contributed by atoms with Gasteiger partial charge in [-0.25, -0.2) is 0 Å². The number of hydrogen-bond donors (Lipinski definition) is 6. The summed E-state index contributed by atoms with van der Waals surface area (Å²) in [5.74, 6) is -0.314. The van der Waals surface area contributed by atoms with Gasteiger partial charge in [0.1, 0.15) is 55.2 Å². The van der Waals surface area contributed by atoms with E-state index in [-0.39, 0.29) is 37.0 Å². The van der Waals surface area contributed by atoms with Gasteiger partial charge in [0, 0.05) is 57.1 Å². The molecule has 0 aromatic heterocycles. The van der Waals surface area contributed by atoms with Gasteiger partial charge in [-0.15, -0.1) is 0 Å². The number of amides is 6. The van der Waals surface area contributed by atoms with E-state index in [1.807, 2.05) is 103 Å². The fraction of sp³-hybridized carbons (Fsp3) is 0.182. The molecule has 0 spiro atoms. The van der Waals surface area contributed by atoms with Gasteiger partial charge in [0.2, 0.25) is 35.4 Å². The van der Waals surface area contributed by atoms with Gasteiger partial charge in [0.05, 0.1) is 0 Å². The Kier molecular flexibility index (Phi) is 21.1. The number of anilines is 3. The molecule has 0 heterocycles. The first-order chi connectivity index (χ1) is 39.1. The van der Waals surface area contributed by atoms with Gasteiger partial charge in [-0.3, -0.25) is 28.8 Å². The van der Waals surface area contributed by atoms with E-state index in [1.54, 1.807) is 78.9 Å². The van der Waals surface area contributed by atoms with Crippen LogP contribution in [0.1, 0.15) is 37.5 Å². The summed E-state index contributed by atoms with van der Waals surface area (Å²) >= 11 is 0. The lowest BCUT2D eigenvalue weighted by Crippen LogP contribution is -2.44. The average Bonchev–Trinajstić information content (AvgIpc) is 3.51. The zero-order valence-corrected chi connectivity index (χ0v) is 45.6. The molecular weight excluding hydrogens is 1020 g/mol. The van der Waals surface area contributed by atoms with Gasteiger partial charge in [-0.1, -0.05) is 111 Å². The number of carbonyl (C=O) groups is 6. The second-order valence-corrected chi connectivity index (χ2v) is 19.1. The maximum atomic E-state index is 14.0. The van der Waals surface area contributed by atoms with Crippen LogP contribution in [0.15, 0.2) is 202 Å². The molecule has 6 N–H and O–H groups in total. The molecule has 15 nitrogen and oxygen atoms in total. The van der Waals surface area contributed by atoms with E-state index in [0.717, 1.165) is 50.1 Å². The van der Waals surface area contributed by atoms with Crippen molar-refractivity contribution in [1.29, 1.82) is 0 Å². The van der Waals surface area contributed by atoms with Crippen molar-refractivity contribution in [3.8, 4) is 50.6 Å². The molecule has 81 heavy (non-hydrogen) atoms. The minimum Gasteiger partial charge on any atom is -0.490 e.